The predicted molar refractivity (Wildman–Crippen MR) is 115 cm³/mol. The van der Waals surface area contributed by atoms with Gasteiger partial charge in [0.25, 0.3) is 0 Å². The fourth-order valence-corrected chi connectivity index (χ4v) is 3.08. The minimum atomic E-state index is -0.184. The molecule has 3 rings (SSSR count). The van der Waals surface area contributed by atoms with Gasteiger partial charge in [0, 0.05) is 31.9 Å². The van der Waals surface area contributed by atoms with E-state index in [-0.39, 0.29) is 6.03 Å². The van der Waals surface area contributed by atoms with Crippen molar-refractivity contribution in [1.29, 1.82) is 0 Å². The van der Waals surface area contributed by atoms with E-state index in [1.807, 2.05) is 24.3 Å². The van der Waals surface area contributed by atoms with Gasteiger partial charge in [0.1, 0.15) is 0 Å². The van der Waals surface area contributed by atoms with E-state index in [1.54, 1.807) is 6.20 Å². The van der Waals surface area contributed by atoms with Crippen LogP contribution < -0.4 is 15.4 Å². The van der Waals surface area contributed by atoms with Crippen molar-refractivity contribution in [2.24, 2.45) is 5.92 Å². The second-order valence-corrected chi connectivity index (χ2v) is 7.53. The van der Waals surface area contributed by atoms with Gasteiger partial charge in [-0.3, -0.25) is 4.90 Å². The number of benzene rings is 1. The Kier molecular flexibility index (Phi) is 7.87. The number of ether oxygens (including phenoxy) is 1. The van der Waals surface area contributed by atoms with E-state index in [4.69, 9.17) is 4.74 Å². The summed E-state index contributed by atoms with van der Waals surface area (Å²) >= 11 is 0. The lowest BCUT2D eigenvalue weighted by molar-refractivity contribution is 0.240. The number of nitrogens with zero attached hydrogens (tertiary/aromatic N) is 2. The Labute approximate surface area is 173 Å². The number of urea groups is 1. The average molecular weight is 397 g/mol. The molecule has 156 valence electrons. The van der Waals surface area contributed by atoms with Crippen LogP contribution in [0.3, 0.4) is 0 Å². The Morgan fingerprint density at radius 3 is 2.45 bits per heavy atom. The molecule has 0 spiro atoms. The Balaban J connectivity index is 1.43. The standard InChI is InChI=1S/C23H32N4O2/c1-3-27(4-2)16-21-8-6-5-7-20(21)15-26-23(28)25-14-19-11-12-22(24-13-19)29-17-18-9-10-18/h5-8,11-13,18H,3-4,9-10,14-17H2,1-2H3,(H2,25,26,28). The Hall–Kier alpha value is -2.60. The minimum absolute atomic E-state index is 0.184. The number of carbonyl (C=O) groups excluding carboxylic acids is 1. The van der Waals surface area contributed by atoms with Crippen LogP contribution >= 0.6 is 0 Å². The zero-order valence-electron chi connectivity index (χ0n) is 17.5. The molecule has 0 aliphatic heterocycles. The number of pyridine rings is 1. The highest BCUT2D eigenvalue weighted by atomic mass is 16.5. The number of nitrogens with one attached hydrogen (secondary N) is 2. The molecule has 2 amide bonds. The first kappa shape index (κ1) is 21.1. The van der Waals surface area contributed by atoms with Crippen molar-refractivity contribution < 1.29 is 9.53 Å². The van der Waals surface area contributed by atoms with Crippen LogP contribution in [0.15, 0.2) is 42.6 Å². The van der Waals surface area contributed by atoms with E-state index in [1.165, 1.54) is 18.4 Å². The molecule has 2 aromatic rings. The van der Waals surface area contributed by atoms with E-state index < -0.39 is 0 Å². The lowest BCUT2D eigenvalue weighted by Crippen LogP contribution is -2.35. The van der Waals surface area contributed by atoms with Gasteiger partial charge in [-0.1, -0.05) is 44.2 Å². The molecule has 1 fully saturated rings. The molecular weight excluding hydrogens is 364 g/mol. The molecule has 0 radical (unpaired) electrons. The number of carbonyl (C=O) groups is 1. The largest absolute Gasteiger partial charge is 0.477 e. The number of hydrogen-bond donors (Lipinski definition) is 2. The zero-order valence-corrected chi connectivity index (χ0v) is 17.5. The molecular formula is C23H32N4O2. The molecule has 0 atom stereocenters. The summed E-state index contributed by atoms with van der Waals surface area (Å²) in [5.41, 5.74) is 3.34. The summed E-state index contributed by atoms with van der Waals surface area (Å²) in [6.45, 7) is 8.94. The van der Waals surface area contributed by atoms with Gasteiger partial charge in [-0.25, -0.2) is 9.78 Å². The third kappa shape index (κ3) is 7.06. The molecule has 1 aliphatic rings. The van der Waals surface area contributed by atoms with Crippen LogP contribution in [0.1, 0.15) is 43.4 Å². The second kappa shape index (κ2) is 10.8. The molecule has 1 aromatic heterocycles. The van der Waals surface area contributed by atoms with Crippen molar-refractivity contribution in [3.8, 4) is 5.88 Å². The first-order valence-electron chi connectivity index (χ1n) is 10.6. The van der Waals surface area contributed by atoms with Crippen LogP contribution in [0.4, 0.5) is 4.79 Å². The summed E-state index contributed by atoms with van der Waals surface area (Å²) in [6, 6.07) is 11.9. The van der Waals surface area contributed by atoms with E-state index in [9.17, 15) is 4.79 Å². The zero-order chi connectivity index (χ0) is 20.5. The topological polar surface area (TPSA) is 66.5 Å². The molecule has 29 heavy (non-hydrogen) atoms. The van der Waals surface area contributed by atoms with Gasteiger partial charge in [-0.05, 0) is 48.5 Å². The Morgan fingerprint density at radius 2 is 1.79 bits per heavy atom. The molecule has 2 N–H and O–H groups in total. The highest BCUT2D eigenvalue weighted by Crippen LogP contribution is 2.29. The number of amides is 2. The average Bonchev–Trinajstić information content (AvgIpc) is 3.59. The van der Waals surface area contributed by atoms with E-state index in [0.717, 1.165) is 37.4 Å². The van der Waals surface area contributed by atoms with Crippen molar-refractivity contribution in [1.82, 2.24) is 20.5 Å². The Bertz CT molecular complexity index is 771. The van der Waals surface area contributed by atoms with E-state index in [0.29, 0.717) is 24.9 Å². The first-order chi connectivity index (χ1) is 14.2. The maximum atomic E-state index is 12.2. The van der Waals surface area contributed by atoms with Gasteiger partial charge in [-0.2, -0.15) is 0 Å². The van der Waals surface area contributed by atoms with Crippen molar-refractivity contribution in [2.45, 2.75) is 46.3 Å². The quantitative estimate of drug-likeness (QED) is 0.608. The molecule has 1 heterocycles. The summed E-state index contributed by atoms with van der Waals surface area (Å²) in [5.74, 6) is 1.36. The molecule has 6 heteroatoms. The van der Waals surface area contributed by atoms with Crippen molar-refractivity contribution >= 4 is 6.03 Å². The lowest BCUT2D eigenvalue weighted by Gasteiger charge is -2.20. The van der Waals surface area contributed by atoms with Gasteiger partial charge in [0.05, 0.1) is 6.61 Å². The maximum Gasteiger partial charge on any atom is 0.315 e. The minimum Gasteiger partial charge on any atom is -0.477 e. The summed E-state index contributed by atoms with van der Waals surface area (Å²) < 4.78 is 5.64. The monoisotopic (exact) mass is 396 g/mol. The lowest BCUT2D eigenvalue weighted by atomic mass is 10.1. The Morgan fingerprint density at radius 1 is 1.07 bits per heavy atom. The number of aromatic nitrogens is 1. The summed E-state index contributed by atoms with van der Waals surface area (Å²) in [4.78, 5) is 18.9. The fourth-order valence-electron chi connectivity index (χ4n) is 3.08. The van der Waals surface area contributed by atoms with Crippen molar-refractivity contribution in [2.75, 3.05) is 19.7 Å². The van der Waals surface area contributed by atoms with Gasteiger partial charge in [0.2, 0.25) is 5.88 Å². The molecule has 1 aromatic carbocycles. The predicted octanol–water partition coefficient (Wildman–Crippen LogP) is 3.71. The third-order valence-electron chi connectivity index (χ3n) is 5.26. The molecule has 6 nitrogen and oxygen atoms in total. The second-order valence-electron chi connectivity index (χ2n) is 7.53. The van der Waals surface area contributed by atoms with Crippen LogP contribution in [0.2, 0.25) is 0 Å². The van der Waals surface area contributed by atoms with Crippen LogP contribution in [-0.4, -0.2) is 35.6 Å². The summed E-state index contributed by atoms with van der Waals surface area (Å²) in [7, 11) is 0. The highest BCUT2D eigenvalue weighted by molar-refractivity contribution is 5.73. The normalized spacial score (nSPS) is 13.3. The maximum absolute atomic E-state index is 12.2. The van der Waals surface area contributed by atoms with Gasteiger partial charge >= 0.3 is 6.03 Å². The SMILES string of the molecule is CCN(CC)Cc1ccccc1CNC(=O)NCc1ccc(OCC2CC2)nc1. The van der Waals surface area contributed by atoms with Gasteiger partial charge in [-0.15, -0.1) is 0 Å². The first-order valence-corrected chi connectivity index (χ1v) is 10.6. The molecule has 1 aliphatic carbocycles. The van der Waals surface area contributed by atoms with Crippen LogP contribution in [0, 0.1) is 5.92 Å². The number of rotatable bonds is 11. The molecule has 1 saturated carbocycles. The van der Waals surface area contributed by atoms with Crippen LogP contribution in [0.5, 0.6) is 5.88 Å². The molecule has 0 saturated heterocycles. The van der Waals surface area contributed by atoms with E-state index >= 15 is 0 Å². The van der Waals surface area contributed by atoms with Gasteiger partial charge < -0.3 is 15.4 Å². The highest BCUT2D eigenvalue weighted by Gasteiger charge is 2.22. The summed E-state index contributed by atoms with van der Waals surface area (Å²) in [6.07, 6.45) is 4.27. The molecule has 0 unspecified atom stereocenters. The summed E-state index contributed by atoms with van der Waals surface area (Å²) in [5, 5.41) is 5.85. The van der Waals surface area contributed by atoms with Crippen LogP contribution in [0.25, 0.3) is 0 Å². The van der Waals surface area contributed by atoms with Crippen molar-refractivity contribution in [3.63, 3.8) is 0 Å². The molecule has 0 bridgehead atoms. The smallest absolute Gasteiger partial charge is 0.315 e. The van der Waals surface area contributed by atoms with E-state index in [2.05, 4.69) is 46.5 Å². The third-order valence-corrected chi connectivity index (χ3v) is 5.26. The van der Waals surface area contributed by atoms with Crippen molar-refractivity contribution in [3.05, 3.63) is 59.3 Å². The van der Waals surface area contributed by atoms with Gasteiger partial charge in [0.15, 0.2) is 0 Å². The van der Waals surface area contributed by atoms with Crippen LogP contribution in [-0.2, 0) is 19.6 Å². The fraction of sp³-hybridized carbons (Fsp3) is 0.478. The number of hydrogen-bond acceptors (Lipinski definition) is 4.